The predicted octanol–water partition coefficient (Wildman–Crippen LogP) is 5.74. The molecule has 35 heavy (non-hydrogen) atoms. The molecule has 1 saturated heterocycles. The first-order valence-corrected chi connectivity index (χ1v) is 12.0. The van der Waals surface area contributed by atoms with Crippen molar-refractivity contribution in [2.45, 2.75) is 32.7 Å². The number of fused-ring (bicyclic) bond motifs is 1. The van der Waals surface area contributed by atoms with Gasteiger partial charge in [-0.05, 0) is 67.6 Å². The van der Waals surface area contributed by atoms with E-state index >= 15 is 4.39 Å². The number of hydrogen-bond donors (Lipinski definition) is 1. The van der Waals surface area contributed by atoms with Gasteiger partial charge in [0.05, 0.1) is 17.2 Å². The average Bonchev–Trinajstić information content (AvgIpc) is 3.24. The molecule has 9 heteroatoms. The zero-order chi connectivity index (χ0) is 24.5. The number of aromatic nitrogens is 3. The molecule has 2 aromatic heterocycles. The molecule has 0 radical (unpaired) electrons. The maximum Gasteiger partial charge on any atom is 0.295 e. The molecular weight excluding hydrogens is 469 g/mol. The van der Waals surface area contributed by atoms with E-state index in [0.29, 0.717) is 40.8 Å². The summed E-state index contributed by atoms with van der Waals surface area (Å²) in [7, 11) is 0. The molecular formula is C26H25ClFN5O2. The van der Waals surface area contributed by atoms with Crippen LogP contribution in [-0.4, -0.2) is 44.9 Å². The third kappa shape index (κ3) is 4.71. The van der Waals surface area contributed by atoms with Crippen LogP contribution < -0.4 is 5.32 Å². The summed E-state index contributed by atoms with van der Waals surface area (Å²) in [6, 6.07) is 10.3. The van der Waals surface area contributed by atoms with Gasteiger partial charge >= 0.3 is 0 Å². The Morgan fingerprint density at radius 3 is 2.86 bits per heavy atom. The van der Waals surface area contributed by atoms with Crippen LogP contribution in [0.3, 0.4) is 0 Å². The van der Waals surface area contributed by atoms with E-state index in [0.717, 1.165) is 12.8 Å². The molecule has 0 saturated carbocycles. The van der Waals surface area contributed by atoms with Crippen LogP contribution in [0.2, 0.25) is 5.02 Å². The van der Waals surface area contributed by atoms with Crippen LogP contribution >= 0.6 is 11.6 Å². The van der Waals surface area contributed by atoms with Crippen LogP contribution in [-0.2, 0) is 0 Å². The summed E-state index contributed by atoms with van der Waals surface area (Å²) < 4.78 is 20.9. The minimum absolute atomic E-state index is 0.127. The summed E-state index contributed by atoms with van der Waals surface area (Å²) >= 11 is 6.06. The normalized spacial score (nSPS) is 18.1. The van der Waals surface area contributed by atoms with Gasteiger partial charge in [-0.1, -0.05) is 18.5 Å². The first kappa shape index (κ1) is 23.2. The fourth-order valence-electron chi connectivity index (χ4n) is 4.70. The molecule has 5 rings (SSSR count). The Hall–Kier alpha value is -3.52. The Morgan fingerprint density at radius 1 is 1.26 bits per heavy atom. The maximum absolute atomic E-state index is 15.1. The number of carbonyl (C=O) groups is 1. The Bertz CT molecular complexity index is 1380. The van der Waals surface area contributed by atoms with Gasteiger partial charge in [-0.2, -0.15) is 4.98 Å². The Kier molecular flexibility index (Phi) is 6.38. The number of rotatable bonds is 5. The topological polar surface area (TPSA) is 84.2 Å². The standard InChI is InChI=1S/C26H25ClFN5O2/c1-15-11-18(23(19(28)12-15)24-29-8-4-9-30-24)25(34)33-10-3-5-16(2)21(33)14-31-26-32-20-13-17(27)6-7-22(20)35-26/h4,6-9,11-13,16,21H,3,5,10,14H2,1-2H3,(H,31,32)/t16-,21-/m1/s1. The zero-order valence-corrected chi connectivity index (χ0v) is 20.2. The van der Waals surface area contributed by atoms with Crippen molar-refractivity contribution in [1.29, 1.82) is 0 Å². The van der Waals surface area contributed by atoms with E-state index < -0.39 is 5.82 Å². The number of oxazole rings is 1. The lowest BCUT2D eigenvalue weighted by atomic mass is 9.89. The monoisotopic (exact) mass is 493 g/mol. The molecule has 3 heterocycles. The summed E-state index contributed by atoms with van der Waals surface area (Å²) in [4.78, 5) is 28.5. The maximum atomic E-state index is 15.1. The second-order valence-electron chi connectivity index (χ2n) is 8.94. The van der Waals surface area contributed by atoms with Gasteiger partial charge in [-0.15, -0.1) is 0 Å². The van der Waals surface area contributed by atoms with Crippen LogP contribution in [0, 0.1) is 18.7 Å². The number of halogens is 2. The van der Waals surface area contributed by atoms with Gasteiger partial charge in [0.25, 0.3) is 11.9 Å². The lowest BCUT2D eigenvalue weighted by Gasteiger charge is -2.40. The highest BCUT2D eigenvalue weighted by molar-refractivity contribution is 6.31. The second-order valence-corrected chi connectivity index (χ2v) is 9.38. The van der Waals surface area contributed by atoms with Crippen molar-refractivity contribution >= 4 is 34.6 Å². The number of amides is 1. The van der Waals surface area contributed by atoms with Crippen LogP contribution in [0.1, 0.15) is 35.7 Å². The third-order valence-electron chi connectivity index (χ3n) is 6.44. The lowest BCUT2D eigenvalue weighted by Crippen LogP contribution is -2.51. The van der Waals surface area contributed by atoms with E-state index in [1.54, 1.807) is 49.6 Å². The number of carbonyl (C=O) groups excluding carboxylic acids is 1. The number of piperidine rings is 1. The minimum Gasteiger partial charge on any atom is -0.424 e. The van der Waals surface area contributed by atoms with Crippen LogP contribution in [0.15, 0.2) is 53.2 Å². The molecule has 7 nitrogen and oxygen atoms in total. The molecule has 1 amide bonds. The quantitative estimate of drug-likeness (QED) is 0.381. The summed E-state index contributed by atoms with van der Waals surface area (Å²) in [6.45, 7) is 4.91. The number of benzene rings is 2. The van der Waals surface area contributed by atoms with Crippen LogP contribution in [0.5, 0.6) is 0 Å². The summed E-state index contributed by atoms with van der Waals surface area (Å²) in [5.74, 6) is -0.328. The molecule has 1 fully saturated rings. The third-order valence-corrected chi connectivity index (χ3v) is 6.68. The molecule has 0 spiro atoms. The van der Waals surface area contributed by atoms with Crippen LogP contribution in [0.25, 0.3) is 22.5 Å². The summed E-state index contributed by atoms with van der Waals surface area (Å²) in [5.41, 5.74) is 2.35. The Labute approximate surface area is 207 Å². The van der Waals surface area contributed by atoms with Crippen molar-refractivity contribution in [2.24, 2.45) is 5.92 Å². The first-order valence-electron chi connectivity index (χ1n) is 11.6. The van der Waals surface area contributed by atoms with Crippen molar-refractivity contribution in [2.75, 3.05) is 18.4 Å². The van der Waals surface area contributed by atoms with Gasteiger partial charge in [-0.3, -0.25) is 4.79 Å². The highest BCUT2D eigenvalue weighted by atomic mass is 35.5. The van der Waals surface area contributed by atoms with E-state index in [-0.39, 0.29) is 34.8 Å². The molecule has 2 atom stereocenters. The highest BCUT2D eigenvalue weighted by Crippen LogP contribution is 2.31. The molecule has 0 unspecified atom stereocenters. The number of aryl methyl sites for hydroxylation is 1. The van der Waals surface area contributed by atoms with Gasteiger partial charge in [0.1, 0.15) is 11.3 Å². The smallest absolute Gasteiger partial charge is 0.295 e. The minimum atomic E-state index is -0.510. The Balaban J connectivity index is 1.44. The number of hydrogen-bond acceptors (Lipinski definition) is 6. The number of likely N-dealkylation sites (tertiary alicyclic amines) is 1. The predicted molar refractivity (Wildman–Crippen MR) is 133 cm³/mol. The van der Waals surface area contributed by atoms with Gasteiger partial charge in [-0.25, -0.2) is 14.4 Å². The van der Waals surface area contributed by atoms with Gasteiger partial charge in [0.2, 0.25) is 0 Å². The lowest BCUT2D eigenvalue weighted by molar-refractivity contribution is 0.0539. The number of nitrogens with one attached hydrogen (secondary N) is 1. The molecule has 1 aliphatic rings. The Morgan fingerprint density at radius 2 is 2.06 bits per heavy atom. The molecule has 180 valence electrons. The van der Waals surface area contributed by atoms with Gasteiger partial charge in [0, 0.05) is 30.5 Å². The molecule has 4 aromatic rings. The number of nitrogens with zero attached hydrogens (tertiary/aromatic N) is 4. The van der Waals surface area contributed by atoms with Crippen molar-refractivity contribution in [3.8, 4) is 11.4 Å². The van der Waals surface area contributed by atoms with E-state index in [1.807, 2.05) is 4.90 Å². The average molecular weight is 494 g/mol. The summed E-state index contributed by atoms with van der Waals surface area (Å²) in [5, 5.41) is 3.83. The molecule has 2 aromatic carbocycles. The van der Waals surface area contributed by atoms with E-state index in [2.05, 4.69) is 27.2 Å². The molecule has 1 N–H and O–H groups in total. The fraction of sp³-hybridized carbons (Fsp3) is 0.308. The van der Waals surface area contributed by atoms with Gasteiger partial charge < -0.3 is 14.6 Å². The zero-order valence-electron chi connectivity index (χ0n) is 19.5. The van der Waals surface area contributed by atoms with Crippen molar-refractivity contribution in [3.63, 3.8) is 0 Å². The van der Waals surface area contributed by atoms with Crippen molar-refractivity contribution in [3.05, 3.63) is 70.8 Å². The molecule has 0 aliphatic carbocycles. The van der Waals surface area contributed by atoms with Crippen LogP contribution in [0.4, 0.5) is 10.4 Å². The van der Waals surface area contributed by atoms with Gasteiger partial charge in [0.15, 0.2) is 11.4 Å². The van der Waals surface area contributed by atoms with E-state index in [1.165, 1.54) is 6.07 Å². The fourth-order valence-corrected chi connectivity index (χ4v) is 4.87. The van der Waals surface area contributed by atoms with E-state index in [9.17, 15) is 4.79 Å². The van der Waals surface area contributed by atoms with Crippen molar-refractivity contribution in [1.82, 2.24) is 19.9 Å². The second kappa shape index (κ2) is 9.62. The summed E-state index contributed by atoms with van der Waals surface area (Å²) in [6.07, 6.45) is 4.94. The first-order chi connectivity index (χ1) is 16.9. The SMILES string of the molecule is Cc1cc(F)c(-c2ncccn2)c(C(=O)N2CCC[C@@H](C)[C@H]2CNc2nc3cc(Cl)ccc3o2)c1. The van der Waals surface area contributed by atoms with E-state index in [4.69, 9.17) is 16.0 Å². The largest absolute Gasteiger partial charge is 0.424 e. The number of anilines is 1. The molecule has 0 bridgehead atoms. The molecule has 1 aliphatic heterocycles. The van der Waals surface area contributed by atoms with Crippen molar-refractivity contribution < 1.29 is 13.6 Å². The highest BCUT2D eigenvalue weighted by Gasteiger charge is 2.34.